The quantitative estimate of drug-likeness (QED) is 0.567. The molecular weight excluding hydrogens is 446 g/mol. The molecule has 0 spiro atoms. The highest BCUT2D eigenvalue weighted by Gasteiger charge is 2.32. The molecule has 4 rings (SSSR count). The summed E-state index contributed by atoms with van der Waals surface area (Å²) in [5.41, 5.74) is 4.06. The lowest BCUT2D eigenvalue weighted by molar-refractivity contribution is -0.929. The van der Waals surface area contributed by atoms with E-state index >= 15 is 0 Å². The predicted molar refractivity (Wildman–Crippen MR) is 135 cm³/mol. The van der Waals surface area contributed by atoms with Crippen LogP contribution in [0.5, 0.6) is 0 Å². The van der Waals surface area contributed by atoms with Crippen molar-refractivity contribution in [2.75, 3.05) is 43.3 Å². The summed E-state index contributed by atoms with van der Waals surface area (Å²) in [7, 11) is -3.58. The Morgan fingerprint density at radius 3 is 1.85 bits per heavy atom. The number of rotatable bonds is 7. The molecule has 1 N–H and O–H groups in total. The van der Waals surface area contributed by atoms with Crippen molar-refractivity contribution in [3.05, 3.63) is 102 Å². The van der Waals surface area contributed by atoms with Gasteiger partial charge in [0, 0.05) is 11.1 Å². The van der Waals surface area contributed by atoms with Gasteiger partial charge in [-0.1, -0.05) is 78.4 Å². The van der Waals surface area contributed by atoms with Gasteiger partial charge in [0.2, 0.25) is 15.9 Å². The minimum Gasteiger partial charge on any atom is -0.330 e. The van der Waals surface area contributed by atoms with Crippen LogP contribution in [0.25, 0.3) is 0 Å². The first-order valence-electron chi connectivity index (χ1n) is 11.6. The average Bonchev–Trinajstić information content (AvgIpc) is 2.84. The van der Waals surface area contributed by atoms with Crippen molar-refractivity contribution in [2.24, 2.45) is 0 Å². The van der Waals surface area contributed by atoms with Gasteiger partial charge in [0.1, 0.15) is 12.6 Å². The molecule has 1 fully saturated rings. The van der Waals surface area contributed by atoms with Gasteiger partial charge in [-0.3, -0.25) is 9.10 Å². The number of hydrogen-bond donors (Lipinski definition) is 1. The summed E-state index contributed by atoms with van der Waals surface area (Å²) in [6.07, 6.45) is 1.15. The third-order valence-electron chi connectivity index (χ3n) is 6.43. The summed E-state index contributed by atoms with van der Waals surface area (Å²) < 4.78 is 26.1. The number of nitrogens with one attached hydrogen (secondary N) is 1. The van der Waals surface area contributed by atoms with Crippen molar-refractivity contribution >= 4 is 21.6 Å². The van der Waals surface area contributed by atoms with Crippen LogP contribution < -0.4 is 9.21 Å². The first-order chi connectivity index (χ1) is 16.3. The van der Waals surface area contributed by atoms with Crippen LogP contribution in [0.3, 0.4) is 0 Å². The van der Waals surface area contributed by atoms with Crippen molar-refractivity contribution in [3.8, 4) is 0 Å². The Labute approximate surface area is 202 Å². The molecule has 34 heavy (non-hydrogen) atoms. The Morgan fingerprint density at radius 1 is 0.882 bits per heavy atom. The summed E-state index contributed by atoms with van der Waals surface area (Å²) in [6.45, 7) is 4.54. The van der Waals surface area contributed by atoms with Gasteiger partial charge in [0.05, 0.1) is 38.1 Å². The fourth-order valence-corrected chi connectivity index (χ4v) is 5.47. The largest absolute Gasteiger partial charge is 0.330 e. The van der Waals surface area contributed by atoms with E-state index in [1.807, 2.05) is 31.2 Å². The lowest BCUT2D eigenvalue weighted by atomic mass is 9.96. The molecule has 0 radical (unpaired) electrons. The Balaban J connectivity index is 1.46. The van der Waals surface area contributed by atoms with Crippen molar-refractivity contribution in [3.63, 3.8) is 0 Å². The van der Waals surface area contributed by atoms with Gasteiger partial charge in [-0.2, -0.15) is 0 Å². The lowest BCUT2D eigenvalue weighted by Gasteiger charge is -2.37. The average molecular weight is 479 g/mol. The van der Waals surface area contributed by atoms with Crippen LogP contribution in [0.15, 0.2) is 84.9 Å². The molecule has 0 aromatic heterocycles. The van der Waals surface area contributed by atoms with Crippen molar-refractivity contribution < 1.29 is 18.1 Å². The van der Waals surface area contributed by atoms with Crippen LogP contribution in [-0.4, -0.2) is 58.2 Å². The van der Waals surface area contributed by atoms with E-state index in [0.717, 1.165) is 24.9 Å². The topological polar surface area (TPSA) is 62.1 Å². The van der Waals surface area contributed by atoms with Gasteiger partial charge in [0.15, 0.2) is 0 Å². The van der Waals surface area contributed by atoms with Gasteiger partial charge in [0.25, 0.3) is 0 Å². The number of benzene rings is 3. The van der Waals surface area contributed by atoms with Gasteiger partial charge >= 0.3 is 0 Å². The number of carbonyl (C=O) groups is 1. The Hall–Kier alpha value is -3.16. The first kappa shape index (κ1) is 24.0. The van der Waals surface area contributed by atoms with Crippen LogP contribution in [0.2, 0.25) is 0 Å². The normalized spacial score (nSPS) is 14.9. The minimum absolute atomic E-state index is 0.166. The van der Waals surface area contributed by atoms with Crippen LogP contribution in [0.4, 0.5) is 5.69 Å². The number of aryl methyl sites for hydroxylation is 1. The number of carbonyl (C=O) groups excluding carboxylic acids is 1. The fraction of sp³-hybridized carbons (Fsp3) is 0.296. The van der Waals surface area contributed by atoms with Gasteiger partial charge < -0.3 is 9.80 Å². The molecule has 1 aliphatic rings. The summed E-state index contributed by atoms with van der Waals surface area (Å²) in [4.78, 5) is 16.3. The van der Waals surface area contributed by atoms with E-state index in [9.17, 15) is 13.2 Å². The molecule has 0 atom stereocenters. The monoisotopic (exact) mass is 478 g/mol. The second kappa shape index (κ2) is 10.4. The molecule has 6 nitrogen and oxygen atoms in total. The second-order valence-corrected chi connectivity index (χ2v) is 10.8. The highest BCUT2D eigenvalue weighted by atomic mass is 32.2. The second-order valence-electron chi connectivity index (χ2n) is 8.90. The van der Waals surface area contributed by atoms with Crippen molar-refractivity contribution in [1.29, 1.82) is 0 Å². The molecule has 3 aromatic rings. The number of anilines is 1. The molecule has 0 unspecified atom stereocenters. The zero-order valence-corrected chi connectivity index (χ0v) is 20.5. The van der Waals surface area contributed by atoms with E-state index in [0.29, 0.717) is 18.8 Å². The molecule has 0 bridgehead atoms. The molecule has 178 valence electrons. The molecule has 0 aliphatic carbocycles. The molecule has 1 amide bonds. The maximum absolute atomic E-state index is 13.1. The summed E-state index contributed by atoms with van der Waals surface area (Å²) in [5, 5.41) is 0. The van der Waals surface area contributed by atoms with Crippen LogP contribution in [-0.2, 0) is 14.8 Å². The number of quaternary nitrogens is 1. The zero-order chi connectivity index (χ0) is 24.1. The Bertz CT molecular complexity index is 1150. The molecular formula is C27H32N3O3S+. The third kappa shape index (κ3) is 5.66. The van der Waals surface area contributed by atoms with Gasteiger partial charge in [-0.05, 0) is 19.1 Å². The highest BCUT2D eigenvalue weighted by Crippen LogP contribution is 2.20. The summed E-state index contributed by atoms with van der Waals surface area (Å²) in [5.74, 6) is -0.166. The fourth-order valence-electron chi connectivity index (χ4n) is 4.62. The molecule has 1 heterocycles. The molecule has 3 aromatic carbocycles. The number of nitrogens with zero attached hydrogens (tertiary/aromatic N) is 2. The van der Waals surface area contributed by atoms with E-state index in [1.54, 1.807) is 17.0 Å². The summed E-state index contributed by atoms with van der Waals surface area (Å²) >= 11 is 0. The molecule has 7 heteroatoms. The van der Waals surface area contributed by atoms with Crippen molar-refractivity contribution in [1.82, 2.24) is 4.90 Å². The van der Waals surface area contributed by atoms with Crippen LogP contribution in [0.1, 0.15) is 22.7 Å². The molecule has 1 saturated heterocycles. The van der Waals surface area contributed by atoms with Crippen molar-refractivity contribution in [2.45, 2.75) is 13.0 Å². The smallest absolute Gasteiger partial charge is 0.243 e. The van der Waals surface area contributed by atoms with E-state index < -0.39 is 10.0 Å². The highest BCUT2D eigenvalue weighted by molar-refractivity contribution is 7.92. The number of amides is 1. The first-order valence-corrected chi connectivity index (χ1v) is 13.4. The predicted octanol–water partition coefficient (Wildman–Crippen LogP) is 2.28. The van der Waals surface area contributed by atoms with E-state index in [4.69, 9.17) is 0 Å². The summed E-state index contributed by atoms with van der Waals surface area (Å²) in [6, 6.07) is 28.4. The van der Waals surface area contributed by atoms with Gasteiger partial charge in [-0.15, -0.1) is 0 Å². The number of hydrogen-bond acceptors (Lipinski definition) is 3. The maximum Gasteiger partial charge on any atom is 0.243 e. The molecule has 0 saturated carbocycles. The Morgan fingerprint density at radius 2 is 1.38 bits per heavy atom. The maximum atomic E-state index is 13.1. The number of sulfonamides is 1. The third-order valence-corrected chi connectivity index (χ3v) is 7.57. The zero-order valence-electron chi connectivity index (χ0n) is 19.7. The van der Waals surface area contributed by atoms with E-state index in [2.05, 4.69) is 48.5 Å². The molecule has 1 aliphatic heterocycles. The number of piperazine rings is 1. The van der Waals surface area contributed by atoms with Crippen LogP contribution in [0, 0.1) is 6.92 Å². The SMILES string of the molecule is Cc1ccc(N(CC(=O)N2CC[NH+](C(c3ccccc3)c3ccccc3)CC2)S(C)(=O)=O)cc1. The minimum atomic E-state index is -3.58. The Kier molecular flexibility index (Phi) is 7.34. The standard InChI is InChI=1S/C27H31N3O3S/c1-22-13-15-25(16-14-22)30(34(2,32)33)21-26(31)28-17-19-29(20-18-28)27(23-9-5-3-6-10-23)24-11-7-4-8-12-24/h3-16,27H,17-21H2,1-2H3/p+1. The van der Waals surface area contributed by atoms with E-state index in [1.165, 1.54) is 20.3 Å². The van der Waals surface area contributed by atoms with Crippen LogP contribution >= 0.6 is 0 Å². The van der Waals surface area contributed by atoms with Gasteiger partial charge in [-0.25, -0.2) is 8.42 Å². The lowest BCUT2D eigenvalue weighted by Crippen LogP contribution is -3.15. The van der Waals surface area contributed by atoms with E-state index in [-0.39, 0.29) is 18.5 Å².